The fourth-order valence-corrected chi connectivity index (χ4v) is 3.61. The average Bonchev–Trinajstić information content (AvgIpc) is 3.13. The Morgan fingerprint density at radius 1 is 1.13 bits per heavy atom. The number of rotatable bonds is 7. The van der Waals surface area contributed by atoms with Gasteiger partial charge in [0.1, 0.15) is 17.0 Å². The highest BCUT2D eigenvalue weighted by molar-refractivity contribution is 5.98. The first-order valence-corrected chi connectivity index (χ1v) is 9.92. The van der Waals surface area contributed by atoms with Crippen molar-refractivity contribution < 1.29 is 9.53 Å². The lowest BCUT2D eigenvalue weighted by Crippen LogP contribution is -2.25. The van der Waals surface area contributed by atoms with Gasteiger partial charge in [-0.2, -0.15) is 0 Å². The first kappa shape index (κ1) is 19.8. The summed E-state index contributed by atoms with van der Waals surface area (Å²) in [4.78, 5) is 30.8. The van der Waals surface area contributed by atoms with Crippen LogP contribution in [0.5, 0.6) is 0 Å². The van der Waals surface area contributed by atoms with E-state index in [0.717, 1.165) is 11.1 Å². The zero-order valence-electron chi connectivity index (χ0n) is 17.1. The van der Waals surface area contributed by atoms with Crippen molar-refractivity contribution in [1.82, 2.24) is 19.3 Å². The van der Waals surface area contributed by atoms with Crippen molar-refractivity contribution in [2.75, 3.05) is 13.7 Å². The van der Waals surface area contributed by atoms with E-state index in [-0.39, 0.29) is 11.5 Å². The summed E-state index contributed by atoms with van der Waals surface area (Å²) in [6.45, 7) is 3.41. The van der Waals surface area contributed by atoms with Crippen LogP contribution in [0.3, 0.4) is 0 Å². The van der Waals surface area contributed by atoms with E-state index in [1.807, 2.05) is 54.0 Å². The van der Waals surface area contributed by atoms with E-state index < -0.39 is 0 Å². The summed E-state index contributed by atoms with van der Waals surface area (Å²) in [5.41, 5.74) is 3.27. The maximum atomic E-state index is 13.1. The van der Waals surface area contributed by atoms with E-state index in [1.165, 1.54) is 4.40 Å². The molecule has 7 heteroatoms. The number of aromatic nitrogens is 3. The summed E-state index contributed by atoms with van der Waals surface area (Å²) >= 11 is 0. The van der Waals surface area contributed by atoms with Gasteiger partial charge in [0.15, 0.2) is 0 Å². The third kappa shape index (κ3) is 3.71. The maximum absolute atomic E-state index is 13.1. The third-order valence-electron chi connectivity index (χ3n) is 5.15. The standard InChI is InChI=1S/C23H24N4O3/c1-16-8-6-11-27-20(16)25-21-18(23(27)29)14-19(26(21)12-7-13-30-2)22(28)24-15-17-9-4-3-5-10-17/h3-6,8-11,14H,7,12-13,15H2,1-2H3,(H,24,28). The van der Waals surface area contributed by atoms with Gasteiger partial charge in [0.05, 0.1) is 5.39 Å². The number of amides is 1. The molecular formula is C23H24N4O3. The molecule has 0 unspecified atom stereocenters. The second kappa shape index (κ2) is 8.51. The fourth-order valence-electron chi connectivity index (χ4n) is 3.61. The number of methoxy groups -OCH3 is 1. The predicted octanol–water partition coefficient (Wildman–Crippen LogP) is 2.92. The molecule has 0 fully saturated rings. The molecule has 1 N–H and O–H groups in total. The summed E-state index contributed by atoms with van der Waals surface area (Å²) in [5, 5.41) is 3.38. The third-order valence-corrected chi connectivity index (χ3v) is 5.15. The number of carbonyl (C=O) groups is 1. The monoisotopic (exact) mass is 404 g/mol. The van der Waals surface area contributed by atoms with Crippen molar-refractivity contribution >= 4 is 22.6 Å². The second-order valence-corrected chi connectivity index (χ2v) is 7.23. The van der Waals surface area contributed by atoms with E-state index in [2.05, 4.69) is 5.32 Å². The number of fused-ring (bicyclic) bond motifs is 2. The first-order chi connectivity index (χ1) is 14.6. The van der Waals surface area contributed by atoms with Crippen molar-refractivity contribution in [1.29, 1.82) is 0 Å². The number of pyridine rings is 1. The Labute approximate surface area is 173 Å². The molecule has 0 radical (unpaired) electrons. The van der Waals surface area contributed by atoms with Gasteiger partial charge in [-0.15, -0.1) is 0 Å². The Morgan fingerprint density at radius 3 is 2.70 bits per heavy atom. The Balaban J connectivity index is 1.79. The Bertz CT molecular complexity index is 1260. The summed E-state index contributed by atoms with van der Waals surface area (Å²) in [6, 6.07) is 15.1. The lowest BCUT2D eigenvalue weighted by Gasteiger charge is -2.11. The predicted molar refractivity (Wildman–Crippen MR) is 116 cm³/mol. The summed E-state index contributed by atoms with van der Waals surface area (Å²) in [5.74, 6) is -0.237. The molecule has 0 spiro atoms. The van der Waals surface area contributed by atoms with Crippen LogP contribution in [0, 0.1) is 6.92 Å². The molecule has 4 rings (SSSR count). The number of hydrogen-bond acceptors (Lipinski definition) is 4. The van der Waals surface area contributed by atoms with Gasteiger partial charge in [0, 0.05) is 33.0 Å². The molecular weight excluding hydrogens is 380 g/mol. The molecule has 0 aliphatic heterocycles. The molecule has 1 amide bonds. The van der Waals surface area contributed by atoms with Gasteiger partial charge >= 0.3 is 0 Å². The van der Waals surface area contributed by atoms with E-state index in [0.29, 0.717) is 48.5 Å². The van der Waals surface area contributed by atoms with Gasteiger partial charge < -0.3 is 14.6 Å². The highest BCUT2D eigenvalue weighted by Gasteiger charge is 2.20. The largest absolute Gasteiger partial charge is 0.385 e. The second-order valence-electron chi connectivity index (χ2n) is 7.23. The van der Waals surface area contributed by atoms with Crippen molar-refractivity contribution in [3.63, 3.8) is 0 Å². The first-order valence-electron chi connectivity index (χ1n) is 9.92. The normalized spacial score (nSPS) is 11.3. The summed E-state index contributed by atoms with van der Waals surface area (Å²) in [6.07, 6.45) is 2.41. The summed E-state index contributed by atoms with van der Waals surface area (Å²) in [7, 11) is 1.64. The number of aryl methyl sites for hydroxylation is 2. The molecule has 0 saturated carbocycles. The molecule has 0 aliphatic carbocycles. The van der Waals surface area contributed by atoms with E-state index >= 15 is 0 Å². The molecule has 3 aromatic heterocycles. The Morgan fingerprint density at radius 2 is 1.93 bits per heavy atom. The zero-order valence-corrected chi connectivity index (χ0v) is 17.1. The summed E-state index contributed by atoms with van der Waals surface area (Å²) < 4.78 is 8.52. The SMILES string of the molecule is COCCCn1c(C(=O)NCc2ccccc2)cc2c(=O)n3cccc(C)c3nc21. The molecule has 3 heterocycles. The van der Waals surface area contributed by atoms with Gasteiger partial charge in [-0.3, -0.25) is 14.0 Å². The van der Waals surface area contributed by atoms with Crippen LogP contribution in [0.4, 0.5) is 0 Å². The molecule has 0 saturated heterocycles. The lowest BCUT2D eigenvalue weighted by molar-refractivity contribution is 0.0941. The fraction of sp³-hybridized carbons (Fsp3) is 0.261. The Hall–Kier alpha value is -3.45. The molecule has 30 heavy (non-hydrogen) atoms. The minimum absolute atomic E-state index is 0.179. The molecule has 7 nitrogen and oxygen atoms in total. The minimum atomic E-state index is -0.237. The highest BCUT2D eigenvalue weighted by Crippen LogP contribution is 2.18. The number of carbonyl (C=O) groups excluding carboxylic acids is 1. The number of hydrogen-bond donors (Lipinski definition) is 1. The van der Waals surface area contributed by atoms with Crippen LogP contribution >= 0.6 is 0 Å². The van der Waals surface area contributed by atoms with Crippen LogP contribution in [0.25, 0.3) is 16.7 Å². The molecule has 0 aliphatic rings. The van der Waals surface area contributed by atoms with E-state index in [1.54, 1.807) is 19.4 Å². The van der Waals surface area contributed by atoms with Crippen molar-refractivity contribution in [3.8, 4) is 0 Å². The minimum Gasteiger partial charge on any atom is -0.385 e. The molecule has 1 aromatic carbocycles. The van der Waals surface area contributed by atoms with Crippen LogP contribution in [0.15, 0.2) is 59.5 Å². The van der Waals surface area contributed by atoms with Gasteiger partial charge in [0.2, 0.25) is 0 Å². The highest BCUT2D eigenvalue weighted by atomic mass is 16.5. The molecule has 154 valence electrons. The zero-order chi connectivity index (χ0) is 21.1. The van der Waals surface area contributed by atoms with Crippen molar-refractivity contribution in [3.05, 3.63) is 81.9 Å². The van der Waals surface area contributed by atoms with Gasteiger partial charge in [-0.05, 0) is 36.6 Å². The van der Waals surface area contributed by atoms with Gasteiger partial charge in [-0.1, -0.05) is 36.4 Å². The molecule has 0 atom stereocenters. The number of benzene rings is 1. The van der Waals surface area contributed by atoms with E-state index in [9.17, 15) is 9.59 Å². The average molecular weight is 404 g/mol. The number of ether oxygens (including phenoxy) is 1. The van der Waals surface area contributed by atoms with Gasteiger partial charge in [0.25, 0.3) is 11.5 Å². The smallest absolute Gasteiger partial charge is 0.268 e. The van der Waals surface area contributed by atoms with E-state index in [4.69, 9.17) is 9.72 Å². The van der Waals surface area contributed by atoms with Crippen molar-refractivity contribution in [2.45, 2.75) is 26.4 Å². The van der Waals surface area contributed by atoms with Gasteiger partial charge in [-0.25, -0.2) is 4.98 Å². The van der Waals surface area contributed by atoms with Crippen LogP contribution in [-0.4, -0.2) is 33.6 Å². The number of nitrogens with one attached hydrogen (secondary N) is 1. The Kier molecular flexibility index (Phi) is 5.63. The maximum Gasteiger partial charge on any atom is 0.268 e. The van der Waals surface area contributed by atoms with Crippen LogP contribution in [0.2, 0.25) is 0 Å². The topological polar surface area (TPSA) is 77.6 Å². The molecule has 4 aromatic rings. The van der Waals surface area contributed by atoms with Crippen LogP contribution < -0.4 is 10.9 Å². The quantitative estimate of drug-likeness (QED) is 0.481. The van der Waals surface area contributed by atoms with Crippen molar-refractivity contribution in [2.24, 2.45) is 0 Å². The molecule has 0 bridgehead atoms. The lowest BCUT2D eigenvalue weighted by atomic mass is 10.2. The van der Waals surface area contributed by atoms with Crippen LogP contribution in [-0.2, 0) is 17.8 Å². The number of nitrogens with zero attached hydrogens (tertiary/aromatic N) is 3. The van der Waals surface area contributed by atoms with Crippen LogP contribution in [0.1, 0.15) is 28.0 Å².